The molecule has 1 aromatic heterocycles. The number of fused-ring (bicyclic) bond motifs is 1. The van der Waals surface area contributed by atoms with E-state index in [9.17, 15) is 9.90 Å². The first-order valence-corrected chi connectivity index (χ1v) is 6.11. The zero-order valence-corrected chi connectivity index (χ0v) is 10.2. The van der Waals surface area contributed by atoms with Gasteiger partial charge in [-0.2, -0.15) is 0 Å². The zero-order chi connectivity index (χ0) is 13.2. The molecule has 1 unspecified atom stereocenters. The topological polar surface area (TPSA) is 53.1 Å². The minimum atomic E-state index is -0.821. The van der Waals surface area contributed by atoms with Gasteiger partial charge in [0.2, 0.25) is 0 Å². The summed E-state index contributed by atoms with van der Waals surface area (Å²) in [6, 6.07) is 18.0. The van der Waals surface area contributed by atoms with Gasteiger partial charge in [0, 0.05) is 17.0 Å². The number of pyridine rings is 1. The molecule has 0 aliphatic carbocycles. The van der Waals surface area contributed by atoms with Crippen molar-refractivity contribution in [2.45, 2.75) is 6.10 Å². The van der Waals surface area contributed by atoms with E-state index in [1.807, 2.05) is 48.5 Å². The van der Waals surface area contributed by atoms with Gasteiger partial charge in [0.1, 0.15) is 6.10 Å². The van der Waals surface area contributed by atoms with E-state index in [2.05, 4.69) is 4.98 Å². The number of aliphatic hydroxyl groups is 1. The van der Waals surface area contributed by atoms with Crippen molar-refractivity contribution in [3.8, 4) is 0 Å². The summed E-state index contributed by atoms with van der Waals surface area (Å²) in [4.78, 5) is 15.1. The molecular formula is C16H13NO2. The second kappa shape index (κ2) is 4.71. The number of aromatic nitrogens is 1. The molecule has 3 heteroatoms. The lowest BCUT2D eigenvalue weighted by Crippen LogP contribution is -2.09. The third kappa shape index (κ3) is 2.16. The molecule has 19 heavy (non-hydrogen) atoms. The van der Waals surface area contributed by atoms with E-state index in [0.717, 1.165) is 11.1 Å². The van der Waals surface area contributed by atoms with Crippen molar-refractivity contribution in [2.75, 3.05) is 0 Å². The van der Waals surface area contributed by atoms with Crippen molar-refractivity contribution < 1.29 is 5.11 Å². The van der Waals surface area contributed by atoms with E-state index in [4.69, 9.17) is 0 Å². The molecule has 3 aromatic rings. The van der Waals surface area contributed by atoms with Crippen LogP contribution in [0.5, 0.6) is 0 Å². The van der Waals surface area contributed by atoms with Crippen molar-refractivity contribution in [2.24, 2.45) is 0 Å². The molecule has 1 atom stereocenters. The van der Waals surface area contributed by atoms with E-state index in [1.54, 1.807) is 6.07 Å². The van der Waals surface area contributed by atoms with Crippen LogP contribution in [0.1, 0.15) is 17.4 Å². The molecule has 94 valence electrons. The average Bonchev–Trinajstić information content (AvgIpc) is 2.47. The Hall–Kier alpha value is -2.39. The highest BCUT2D eigenvalue weighted by molar-refractivity contribution is 5.78. The van der Waals surface area contributed by atoms with E-state index < -0.39 is 6.10 Å². The second-order valence-corrected chi connectivity index (χ2v) is 4.45. The molecule has 0 aliphatic heterocycles. The summed E-state index contributed by atoms with van der Waals surface area (Å²) in [7, 11) is 0. The fraction of sp³-hybridized carbons (Fsp3) is 0.0625. The largest absolute Gasteiger partial charge is 0.382 e. The summed E-state index contributed by atoms with van der Waals surface area (Å²) in [5, 5.41) is 10.9. The van der Waals surface area contributed by atoms with E-state index >= 15 is 0 Å². The average molecular weight is 251 g/mol. The van der Waals surface area contributed by atoms with Crippen LogP contribution in [-0.4, -0.2) is 10.1 Å². The quantitative estimate of drug-likeness (QED) is 0.735. The van der Waals surface area contributed by atoms with Crippen molar-refractivity contribution in [1.29, 1.82) is 0 Å². The highest BCUT2D eigenvalue weighted by Gasteiger charge is 2.12. The Bertz CT molecular complexity index is 762. The molecule has 3 nitrogen and oxygen atoms in total. The second-order valence-electron chi connectivity index (χ2n) is 4.45. The number of nitrogens with one attached hydrogen (secondary N) is 1. The number of H-pyrrole nitrogens is 1. The molecule has 2 N–H and O–H groups in total. The number of aliphatic hydroxyl groups excluding tert-OH is 1. The minimum Gasteiger partial charge on any atom is -0.382 e. The summed E-state index contributed by atoms with van der Waals surface area (Å²) in [5.41, 5.74) is 1.92. The van der Waals surface area contributed by atoms with Crippen LogP contribution in [0.4, 0.5) is 0 Å². The lowest BCUT2D eigenvalue weighted by molar-refractivity contribution is 0.215. The normalized spacial score (nSPS) is 12.5. The lowest BCUT2D eigenvalue weighted by Gasteiger charge is -2.12. The van der Waals surface area contributed by atoms with Gasteiger partial charge in [0.05, 0.1) is 5.69 Å². The third-order valence-electron chi connectivity index (χ3n) is 3.17. The highest BCUT2D eigenvalue weighted by atomic mass is 16.3. The smallest absolute Gasteiger partial charge is 0.189 e. The predicted octanol–water partition coefficient (Wildman–Crippen LogP) is 2.61. The number of para-hydroxylation sites is 1. The number of hydrogen-bond acceptors (Lipinski definition) is 2. The molecule has 0 radical (unpaired) electrons. The van der Waals surface area contributed by atoms with Gasteiger partial charge in [-0.15, -0.1) is 0 Å². The fourth-order valence-electron chi connectivity index (χ4n) is 2.18. The van der Waals surface area contributed by atoms with Crippen LogP contribution >= 0.6 is 0 Å². The highest BCUT2D eigenvalue weighted by Crippen LogP contribution is 2.20. The van der Waals surface area contributed by atoms with Crippen LogP contribution in [-0.2, 0) is 0 Å². The summed E-state index contributed by atoms with van der Waals surface area (Å²) in [5.74, 6) is 0. The van der Waals surface area contributed by atoms with Crippen LogP contribution in [0.3, 0.4) is 0 Å². The Morgan fingerprint density at radius 2 is 1.63 bits per heavy atom. The molecule has 2 aromatic carbocycles. The van der Waals surface area contributed by atoms with Crippen LogP contribution in [0, 0.1) is 0 Å². The minimum absolute atomic E-state index is 0.0840. The summed E-state index contributed by atoms with van der Waals surface area (Å²) < 4.78 is 0. The maximum Gasteiger partial charge on any atom is 0.189 e. The van der Waals surface area contributed by atoms with Gasteiger partial charge < -0.3 is 10.1 Å². The maximum absolute atomic E-state index is 12.0. The van der Waals surface area contributed by atoms with E-state index in [0.29, 0.717) is 11.1 Å². The summed E-state index contributed by atoms with van der Waals surface area (Å²) >= 11 is 0. The van der Waals surface area contributed by atoms with Gasteiger partial charge in [0.25, 0.3) is 0 Å². The van der Waals surface area contributed by atoms with Crippen LogP contribution in [0.15, 0.2) is 65.5 Å². The molecule has 0 saturated carbocycles. The Kier molecular flexibility index (Phi) is 2.89. The van der Waals surface area contributed by atoms with Gasteiger partial charge in [-0.3, -0.25) is 4.79 Å². The van der Waals surface area contributed by atoms with Gasteiger partial charge in [0.15, 0.2) is 5.43 Å². The fourth-order valence-corrected chi connectivity index (χ4v) is 2.18. The Morgan fingerprint density at radius 3 is 2.42 bits per heavy atom. The molecular weight excluding hydrogens is 238 g/mol. The van der Waals surface area contributed by atoms with Crippen LogP contribution in [0.2, 0.25) is 0 Å². The van der Waals surface area contributed by atoms with E-state index in [-0.39, 0.29) is 5.43 Å². The molecule has 0 spiro atoms. The predicted molar refractivity (Wildman–Crippen MR) is 75.1 cm³/mol. The molecule has 0 bridgehead atoms. The monoisotopic (exact) mass is 251 g/mol. The number of aromatic amines is 1. The van der Waals surface area contributed by atoms with Crippen molar-refractivity contribution in [1.82, 2.24) is 4.98 Å². The molecule has 0 aliphatic rings. The number of benzene rings is 2. The molecule has 0 saturated heterocycles. The number of rotatable bonds is 2. The molecule has 0 fully saturated rings. The summed E-state index contributed by atoms with van der Waals surface area (Å²) in [6.07, 6.45) is -0.821. The molecule has 0 amide bonds. The Balaban J connectivity index is 2.14. The van der Waals surface area contributed by atoms with Crippen molar-refractivity contribution >= 4 is 10.9 Å². The van der Waals surface area contributed by atoms with Crippen LogP contribution < -0.4 is 5.43 Å². The zero-order valence-electron chi connectivity index (χ0n) is 10.2. The van der Waals surface area contributed by atoms with Gasteiger partial charge in [-0.1, -0.05) is 42.5 Å². The van der Waals surface area contributed by atoms with Crippen molar-refractivity contribution in [3.63, 3.8) is 0 Å². The van der Waals surface area contributed by atoms with Gasteiger partial charge in [-0.25, -0.2) is 0 Å². The lowest BCUT2D eigenvalue weighted by atomic mass is 10.1. The van der Waals surface area contributed by atoms with Crippen LogP contribution in [0.25, 0.3) is 10.9 Å². The Labute approximate surface area is 110 Å². The van der Waals surface area contributed by atoms with Crippen molar-refractivity contribution in [3.05, 3.63) is 82.1 Å². The SMILES string of the molecule is O=c1cc(C(O)c2ccccc2)[nH]c2ccccc12. The Morgan fingerprint density at radius 1 is 0.947 bits per heavy atom. The standard InChI is InChI=1S/C16H13NO2/c18-15-10-14(16(19)11-6-2-1-3-7-11)17-13-9-5-4-8-12(13)15/h1-10,16,19H,(H,17,18). The molecule has 1 heterocycles. The maximum atomic E-state index is 12.0. The first-order chi connectivity index (χ1) is 9.25. The van der Waals surface area contributed by atoms with E-state index in [1.165, 1.54) is 6.07 Å². The van der Waals surface area contributed by atoms with Gasteiger partial charge >= 0.3 is 0 Å². The number of hydrogen-bond donors (Lipinski definition) is 2. The van der Waals surface area contributed by atoms with Gasteiger partial charge in [-0.05, 0) is 17.7 Å². The third-order valence-corrected chi connectivity index (χ3v) is 3.17. The first-order valence-electron chi connectivity index (χ1n) is 6.11. The molecule has 3 rings (SSSR count). The first kappa shape index (κ1) is 11.7. The summed E-state index contributed by atoms with van der Waals surface area (Å²) in [6.45, 7) is 0.